The molecule has 3 nitrogen and oxygen atoms in total. The third-order valence-electron chi connectivity index (χ3n) is 2.51. The van der Waals surface area contributed by atoms with Gasteiger partial charge >= 0.3 is 6.18 Å². The minimum Gasteiger partial charge on any atom is -0.485 e. The molecule has 0 aromatic heterocycles. The van der Waals surface area contributed by atoms with Crippen LogP contribution in [0.15, 0.2) is 18.2 Å². The molecular formula is C11H12F3NO2. The molecule has 0 bridgehead atoms. The highest BCUT2D eigenvalue weighted by Crippen LogP contribution is 2.33. The van der Waals surface area contributed by atoms with E-state index in [0.717, 1.165) is 12.1 Å². The molecule has 0 atom stereocenters. The molecule has 1 heterocycles. The van der Waals surface area contributed by atoms with Gasteiger partial charge in [-0.25, -0.2) is 0 Å². The summed E-state index contributed by atoms with van der Waals surface area (Å²) in [5, 5.41) is 0. The van der Waals surface area contributed by atoms with Gasteiger partial charge in [0, 0.05) is 12.1 Å². The molecule has 0 amide bonds. The van der Waals surface area contributed by atoms with Crippen LogP contribution in [0.4, 0.5) is 13.2 Å². The zero-order valence-electron chi connectivity index (χ0n) is 8.96. The molecule has 0 spiro atoms. The van der Waals surface area contributed by atoms with Crippen molar-refractivity contribution in [2.45, 2.75) is 18.8 Å². The molecule has 1 saturated heterocycles. The fraction of sp³-hybridized carbons (Fsp3) is 0.455. The van der Waals surface area contributed by atoms with E-state index in [0.29, 0.717) is 24.5 Å². The molecule has 0 radical (unpaired) electrons. The summed E-state index contributed by atoms with van der Waals surface area (Å²) in [6, 6.07) is 3.33. The number of benzene rings is 1. The first-order chi connectivity index (χ1) is 8.00. The summed E-state index contributed by atoms with van der Waals surface area (Å²) in [5.74, 6) is 0.397. The van der Waals surface area contributed by atoms with Gasteiger partial charge in [0.1, 0.15) is 11.9 Å². The van der Waals surface area contributed by atoms with Crippen molar-refractivity contribution in [3.63, 3.8) is 0 Å². The maximum Gasteiger partial charge on any atom is 0.416 e. The summed E-state index contributed by atoms with van der Waals surface area (Å²) in [5.41, 5.74) is 5.06. The van der Waals surface area contributed by atoms with E-state index in [1.54, 1.807) is 0 Å². The van der Waals surface area contributed by atoms with Gasteiger partial charge in [-0.3, -0.25) is 0 Å². The Kier molecular flexibility index (Phi) is 3.26. The van der Waals surface area contributed by atoms with E-state index in [4.69, 9.17) is 15.2 Å². The second kappa shape index (κ2) is 4.54. The molecule has 1 aliphatic rings. The van der Waals surface area contributed by atoms with Crippen molar-refractivity contribution in [2.24, 2.45) is 5.73 Å². The zero-order chi connectivity index (χ0) is 12.5. The van der Waals surface area contributed by atoms with Gasteiger partial charge in [0.25, 0.3) is 0 Å². The molecule has 2 N–H and O–H groups in total. The number of ether oxygens (including phenoxy) is 2. The van der Waals surface area contributed by atoms with Crippen molar-refractivity contribution in [2.75, 3.05) is 13.2 Å². The normalized spacial score (nSPS) is 16.7. The van der Waals surface area contributed by atoms with E-state index < -0.39 is 11.7 Å². The number of rotatable bonds is 3. The molecule has 6 heteroatoms. The quantitative estimate of drug-likeness (QED) is 0.887. The Labute approximate surface area is 96.3 Å². The van der Waals surface area contributed by atoms with Gasteiger partial charge in [-0.15, -0.1) is 0 Å². The second-order valence-electron chi connectivity index (χ2n) is 3.80. The monoisotopic (exact) mass is 247 g/mol. The Morgan fingerprint density at radius 3 is 2.53 bits per heavy atom. The highest BCUT2D eigenvalue weighted by Gasteiger charge is 2.31. The van der Waals surface area contributed by atoms with Crippen LogP contribution >= 0.6 is 0 Å². The van der Waals surface area contributed by atoms with Crippen LogP contribution in [0.25, 0.3) is 0 Å². The SMILES string of the molecule is NCc1cc(C(F)(F)F)ccc1OC1COC1. The van der Waals surface area contributed by atoms with E-state index in [9.17, 15) is 13.2 Å². The van der Waals surface area contributed by atoms with Crippen LogP contribution in [-0.2, 0) is 17.5 Å². The van der Waals surface area contributed by atoms with E-state index in [-0.39, 0.29) is 12.6 Å². The molecule has 1 aliphatic heterocycles. The van der Waals surface area contributed by atoms with Gasteiger partial charge in [-0.1, -0.05) is 0 Å². The third kappa shape index (κ3) is 2.70. The average molecular weight is 247 g/mol. The fourth-order valence-electron chi connectivity index (χ4n) is 1.49. The van der Waals surface area contributed by atoms with Crippen molar-refractivity contribution < 1.29 is 22.6 Å². The van der Waals surface area contributed by atoms with Crippen LogP contribution in [0.5, 0.6) is 5.75 Å². The lowest BCUT2D eigenvalue weighted by molar-refractivity contribution is -0.137. The Morgan fingerprint density at radius 2 is 2.06 bits per heavy atom. The lowest BCUT2D eigenvalue weighted by atomic mass is 10.1. The molecule has 1 aromatic rings. The number of halogens is 3. The van der Waals surface area contributed by atoms with Gasteiger partial charge in [0.15, 0.2) is 0 Å². The van der Waals surface area contributed by atoms with Gasteiger partial charge in [0.05, 0.1) is 18.8 Å². The van der Waals surface area contributed by atoms with E-state index in [1.165, 1.54) is 6.07 Å². The van der Waals surface area contributed by atoms with Crippen LogP contribution in [0.3, 0.4) is 0 Å². The lowest BCUT2D eigenvalue weighted by Gasteiger charge is -2.27. The van der Waals surface area contributed by atoms with Crippen LogP contribution in [-0.4, -0.2) is 19.3 Å². The Morgan fingerprint density at radius 1 is 1.35 bits per heavy atom. The first-order valence-corrected chi connectivity index (χ1v) is 5.15. The van der Waals surface area contributed by atoms with Crippen molar-refractivity contribution >= 4 is 0 Å². The van der Waals surface area contributed by atoms with Gasteiger partial charge in [-0.05, 0) is 18.2 Å². The number of nitrogens with two attached hydrogens (primary N) is 1. The van der Waals surface area contributed by atoms with Crippen molar-refractivity contribution in [1.82, 2.24) is 0 Å². The zero-order valence-corrected chi connectivity index (χ0v) is 8.96. The van der Waals surface area contributed by atoms with Gasteiger partial charge in [0.2, 0.25) is 0 Å². The summed E-state index contributed by atoms with van der Waals surface area (Å²) in [6.45, 7) is 0.933. The molecule has 0 aliphatic carbocycles. The maximum absolute atomic E-state index is 12.5. The maximum atomic E-state index is 12.5. The lowest BCUT2D eigenvalue weighted by Crippen LogP contribution is -2.38. The minimum atomic E-state index is -4.36. The summed E-state index contributed by atoms with van der Waals surface area (Å²) >= 11 is 0. The third-order valence-corrected chi connectivity index (χ3v) is 2.51. The molecule has 0 unspecified atom stereocenters. The smallest absolute Gasteiger partial charge is 0.416 e. The van der Waals surface area contributed by atoms with E-state index in [2.05, 4.69) is 0 Å². The largest absolute Gasteiger partial charge is 0.485 e. The van der Waals surface area contributed by atoms with Crippen molar-refractivity contribution in [3.8, 4) is 5.75 Å². The van der Waals surface area contributed by atoms with Crippen LogP contribution in [0, 0.1) is 0 Å². The Balaban J connectivity index is 2.21. The number of alkyl halides is 3. The highest BCUT2D eigenvalue weighted by atomic mass is 19.4. The van der Waals surface area contributed by atoms with Crippen molar-refractivity contribution in [3.05, 3.63) is 29.3 Å². The van der Waals surface area contributed by atoms with Gasteiger partial charge < -0.3 is 15.2 Å². The second-order valence-corrected chi connectivity index (χ2v) is 3.80. The molecule has 0 saturated carbocycles. The number of hydrogen-bond donors (Lipinski definition) is 1. The van der Waals surface area contributed by atoms with Crippen LogP contribution in [0.2, 0.25) is 0 Å². The summed E-state index contributed by atoms with van der Waals surface area (Å²) < 4.78 is 47.8. The molecule has 94 valence electrons. The summed E-state index contributed by atoms with van der Waals surface area (Å²) in [4.78, 5) is 0. The van der Waals surface area contributed by atoms with Crippen molar-refractivity contribution in [1.29, 1.82) is 0 Å². The van der Waals surface area contributed by atoms with Crippen LogP contribution in [0.1, 0.15) is 11.1 Å². The van der Waals surface area contributed by atoms with E-state index in [1.807, 2.05) is 0 Å². The first kappa shape index (κ1) is 12.2. The average Bonchev–Trinajstić information content (AvgIpc) is 2.22. The van der Waals surface area contributed by atoms with Gasteiger partial charge in [-0.2, -0.15) is 13.2 Å². The molecule has 1 fully saturated rings. The minimum absolute atomic E-state index is 0.00678. The van der Waals surface area contributed by atoms with E-state index >= 15 is 0 Å². The number of hydrogen-bond acceptors (Lipinski definition) is 3. The summed E-state index contributed by atoms with van der Waals surface area (Å²) in [6.07, 6.45) is -4.45. The predicted octanol–water partition coefficient (Wildman–Crippen LogP) is 1.94. The van der Waals surface area contributed by atoms with Crippen LogP contribution < -0.4 is 10.5 Å². The summed E-state index contributed by atoms with van der Waals surface area (Å²) in [7, 11) is 0. The molecule has 1 aromatic carbocycles. The molecular weight excluding hydrogens is 235 g/mol. The molecule has 2 rings (SSSR count). The highest BCUT2D eigenvalue weighted by molar-refractivity contribution is 5.38. The Hall–Kier alpha value is -1.27. The standard InChI is InChI=1S/C11H12F3NO2/c12-11(13,14)8-1-2-10(7(3-8)4-15)17-9-5-16-6-9/h1-3,9H,4-6,15H2. The fourth-order valence-corrected chi connectivity index (χ4v) is 1.49. The Bertz CT molecular complexity index is 402. The molecule has 17 heavy (non-hydrogen) atoms. The topological polar surface area (TPSA) is 44.5 Å². The first-order valence-electron chi connectivity index (χ1n) is 5.15. The predicted molar refractivity (Wildman–Crippen MR) is 54.6 cm³/mol.